The molecule has 2 aromatic carbocycles. The molecule has 1 amide bonds. The van der Waals surface area contributed by atoms with Gasteiger partial charge in [-0.1, -0.05) is 42.5 Å². The molecule has 0 saturated heterocycles. The summed E-state index contributed by atoms with van der Waals surface area (Å²) in [5.74, 6) is 0. The van der Waals surface area contributed by atoms with Gasteiger partial charge in [0.05, 0.1) is 16.7 Å². The Kier molecular flexibility index (Phi) is 6.37. The quantitative estimate of drug-likeness (QED) is 0.334. The maximum atomic E-state index is 11.7. The van der Waals surface area contributed by atoms with Crippen LogP contribution in [0.4, 0.5) is 10.5 Å². The molecule has 1 heterocycles. The smallest absolute Gasteiger partial charge is 0.407 e. The van der Waals surface area contributed by atoms with E-state index in [4.69, 9.17) is 4.74 Å². The van der Waals surface area contributed by atoms with Crippen molar-refractivity contribution in [2.24, 2.45) is 0 Å². The minimum Gasteiger partial charge on any atom is -0.445 e. The molecule has 0 bridgehead atoms. The number of carbonyl (C=O) groups excluding carboxylic acids is 1. The number of benzene rings is 2. The maximum Gasteiger partial charge on any atom is 0.407 e. The number of rotatable bonds is 8. The predicted molar refractivity (Wildman–Crippen MR) is 103 cm³/mol. The van der Waals surface area contributed by atoms with Gasteiger partial charge in [-0.25, -0.2) is 4.79 Å². The van der Waals surface area contributed by atoms with Crippen molar-refractivity contribution in [3.05, 3.63) is 69.9 Å². The zero-order valence-electron chi connectivity index (χ0n) is 15.3. The molecule has 2 unspecified atom stereocenters. The summed E-state index contributed by atoms with van der Waals surface area (Å²) in [6.07, 6.45) is -3.19. The van der Waals surface area contributed by atoms with Crippen LogP contribution in [0.3, 0.4) is 0 Å². The van der Waals surface area contributed by atoms with Gasteiger partial charge >= 0.3 is 6.09 Å². The van der Waals surface area contributed by atoms with Gasteiger partial charge in [-0.05, 0) is 12.0 Å². The van der Waals surface area contributed by atoms with Gasteiger partial charge in [0.2, 0.25) is 0 Å². The second kappa shape index (κ2) is 9.13. The van der Waals surface area contributed by atoms with E-state index in [9.17, 15) is 25.1 Å². The maximum absolute atomic E-state index is 11.7. The van der Waals surface area contributed by atoms with E-state index in [2.05, 4.69) is 15.5 Å². The number of nitrogens with one attached hydrogen (secondary N) is 2. The summed E-state index contributed by atoms with van der Waals surface area (Å²) in [6, 6.07) is 13.5. The molecule has 2 atom stereocenters. The van der Waals surface area contributed by atoms with Gasteiger partial charge in [0.1, 0.15) is 12.7 Å². The van der Waals surface area contributed by atoms with E-state index < -0.39 is 23.2 Å². The van der Waals surface area contributed by atoms with Crippen LogP contribution in [-0.2, 0) is 11.3 Å². The van der Waals surface area contributed by atoms with Crippen LogP contribution in [0.5, 0.6) is 0 Å². The summed E-state index contributed by atoms with van der Waals surface area (Å²) in [5.41, 5.74) is 0.914. The van der Waals surface area contributed by atoms with Crippen LogP contribution < -0.4 is 5.32 Å². The number of H-pyrrole nitrogens is 1. The van der Waals surface area contributed by atoms with Crippen LogP contribution in [0.15, 0.2) is 48.5 Å². The Bertz CT molecular complexity index is 991. The van der Waals surface area contributed by atoms with Gasteiger partial charge in [0.15, 0.2) is 5.52 Å². The van der Waals surface area contributed by atoms with Gasteiger partial charge in [0, 0.05) is 18.0 Å². The molecule has 1 aromatic heterocycles. The highest BCUT2D eigenvalue weighted by molar-refractivity contribution is 5.89. The average molecular weight is 400 g/mol. The van der Waals surface area contributed by atoms with E-state index in [1.165, 1.54) is 12.1 Å². The second-order valence-electron chi connectivity index (χ2n) is 6.36. The van der Waals surface area contributed by atoms with Gasteiger partial charge < -0.3 is 20.3 Å². The highest BCUT2D eigenvalue weighted by Crippen LogP contribution is 2.30. The Morgan fingerprint density at radius 1 is 1.21 bits per heavy atom. The summed E-state index contributed by atoms with van der Waals surface area (Å²) in [6.45, 7) is 0.189. The fraction of sp³-hybridized carbons (Fsp3) is 0.263. The number of aromatic nitrogens is 2. The van der Waals surface area contributed by atoms with E-state index in [1.807, 2.05) is 30.3 Å². The first kappa shape index (κ1) is 20.2. The fourth-order valence-corrected chi connectivity index (χ4v) is 2.86. The number of hydrogen-bond acceptors (Lipinski definition) is 7. The third-order valence-electron chi connectivity index (χ3n) is 4.37. The highest BCUT2D eigenvalue weighted by Gasteiger charge is 2.25. The molecule has 0 aliphatic heterocycles. The Balaban J connectivity index is 1.52. The normalized spacial score (nSPS) is 13.0. The number of para-hydroxylation sites is 1. The number of amides is 1. The van der Waals surface area contributed by atoms with Gasteiger partial charge in [-0.3, -0.25) is 15.2 Å². The van der Waals surface area contributed by atoms with Crippen LogP contribution in [-0.4, -0.2) is 44.1 Å². The number of carbonyl (C=O) groups is 1. The standard InChI is InChI=1S/C19H20N4O6/c24-15(9-10-20-19(26)29-11-12-5-2-1-3-6-12)18(25)17-13-7-4-8-14(23(27)28)16(13)21-22-17/h1-8,15,18,24-25H,9-11H2,(H,20,26)(H,21,22). The highest BCUT2D eigenvalue weighted by atomic mass is 16.6. The molecule has 10 heteroatoms. The van der Waals surface area contributed by atoms with Crippen LogP contribution in [0.1, 0.15) is 23.8 Å². The number of aromatic amines is 1. The van der Waals surface area contributed by atoms with E-state index in [0.717, 1.165) is 5.56 Å². The Hall–Kier alpha value is -3.50. The van der Waals surface area contributed by atoms with Crippen molar-refractivity contribution < 1.29 is 24.7 Å². The van der Waals surface area contributed by atoms with Crippen molar-refractivity contribution >= 4 is 22.7 Å². The number of aliphatic hydroxyl groups excluding tert-OH is 2. The van der Waals surface area contributed by atoms with Crippen LogP contribution in [0.25, 0.3) is 10.9 Å². The lowest BCUT2D eigenvalue weighted by Gasteiger charge is -2.17. The topological polar surface area (TPSA) is 151 Å². The lowest BCUT2D eigenvalue weighted by molar-refractivity contribution is -0.383. The Morgan fingerprint density at radius 2 is 1.97 bits per heavy atom. The van der Waals surface area contributed by atoms with Crippen molar-refractivity contribution in [1.29, 1.82) is 0 Å². The van der Waals surface area contributed by atoms with Crippen molar-refractivity contribution in [2.45, 2.75) is 25.2 Å². The monoisotopic (exact) mass is 400 g/mol. The molecule has 0 radical (unpaired) electrons. The number of nitrogens with zero attached hydrogens (tertiary/aromatic N) is 2. The van der Waals surface area contributed by atoms with E-state index in [-0.39, 0.29) is 36.5 Å². The SMILES string of the molecule is O=C(NCCC(O)C(O)c1[nH]nc2c([N+](=O)[O-])cccc12)OCc1ccccc1. The summed E-state index contributed by atoms with van der Waals surface area (Å²) in [5, 5.41) is 41.0. The summed E-state index contributed by atoms with van der Waals surface area (Å²) < 4.78 is 5.06. The fourth-order valence-electron chi connectivity index (χ4n) is 2.86. The number of aliphatic hydroxyl groups is 2. The number of ether oxygens (including phenoxy) is 1. The van der Waals surface area contributed by atoms with E-state index >= 15 is 0 Å². The largest absolute Gasteiger partial charge is 0.445 e. The van der Waals surface area contributed by atoms with E-state index in [1.54, 1.807) is 6.07 Å². The van der Waals surface area contributed by atoms with Gasteiger partial charge in [0.25, 0.3) is 5.69 Å². The molecule has 0 fully saturated rings. The number of nitro benzene ring substituents is 1. The lowest BCUT2D eigenvalue weighted by Crippen LogP contribution is -2.30. The number of alkyl carbamates (subject to hydrolysis) is 1. The van der Waals surface area contributed by atoms with Crippen molar-refractivity contribution in [3.63, 3.8) is 0 Å². The first-order valence-electron chi connectivity index (χ1n) is 8.89. The first-order valence-corrected chi connectivity index (χ1v) is 8.89. The molecule has 152 valence electrons. The zero-order chi connectivity index (χ0) is 20.8. The minimum atomic E-state index is -1.36. The number of nitro groups is 1. The Labute approximate surface area is 165 Å². The molecular weight excluding hydrogens is 380 g/mol. The molecule has 0 aliphatic carbocycles. The van der Waals surface area contributed by atoms with Crippen LogP contribution in [0, 0.1) is 10.1 Å². The molecule has 0 saturated carbocycles. The molecule has 4 N–H and O–H groups in total. The Morgan fingerprint density at radius 3 is 2.69 bits per heavy atom. The summed E-state index contributed by atoms with van der Waals surface area (Å²) in [7, 11) is 0. The number of non-ortho nitro benzene ring substituents is 1. The zero-order valence-corrected chi connectivity index (χ0v) is 15.3. The first-order chi connectivity index (χ1) is 14.0. The van der Waals surface area contributed by atoms with Crippen LogP contribution in [0.2, 0.25) is 0 Å². The molecule has 0 spiro atoms. The summed E-state index contributed by atoms with van der Waals surface area (Å²) >= 11 is 0. The van der Waals surface area contributed by atoms with Crippen molar-refractivity contribution in [1.82, 2.24) is 15.5 Å². The summed E-state index contributed by atoms with van der Waals surface area (Å²) in [4.78, 5) is 22.2. The third-order valence-corrected chi connectivity index (χ3v) is 4.37. The van der Waals surface area contributed by atoms with E-state index in [0.29, 0.717) is 5.39 Å². The van der Waals surface area contributed by atoms with Gasteiger partial charge in [-0.15, -0.1) is 0 Å². The predicted octanol–water partition coefficient (Wildman–Crippen LogP) is 2.18. The van der Waals surface area contributed by atoms with Crippen molar-refractivity contribution in [2.75, 3.05) is 6.54 Å². The molecular formula is C19H20N4O6. The van der Waals surface area contributed by atoms with Crippen LogP contribution >= 0.6 is 0 Å². The number of hydrogen-bond donors (Lipinski definition) is 4. The second-order valence-corrected chi connectivity index (χ2v) is 6.36. The van der Waals surface area contributed by atoms with Crippen molar-refractivity contribution in [3.8, 4) is 0 Å². The lowest BCUT2D eigenvalue weighted by atomic mass is 10.0. The molecule has 0 aliphatic rings. The third kappa shape index (κ3) is 4.86. The number of fused-ring (bicyclic) bond motifs is 1. The molecule has 3 rings (SSSR count). The minimum absolute atomic E-state index is 0.0387. The van der Waals surface area contributed by atoms with Gasteiger partial charge in [-0.2, -0.15) is 5.10 Å². The molecule has 3 aromatic rings. The molecule has 10 nitrogen and oxygen atoms in total. The molecule has 29 heavy (non-hydrogen) atoms. The average Bonchev–Trinajstić information content (AvgIpc) is 3.16.